The van der Waals surface area contributed by atoms with Crippen molar-refractivity contribution in [1.29, 1.82) is 0 Å². The normalized spacial score (nSPS) is 11.1. The highest BCUT2D eigenvalue weighted by Gasteiger charge is 2.15. The zero-order chi connectivity index (χ0) is 25.5. The highest BCUT2D eigenvalue weighted by Crippen LogP contribution is 2.29. The molecule has 0 saturated carbocycles. The van der Waals surface area contributed by atoms with E-state index in [2.05, 4.69) is 95.3 Å². The van der Waals surface area contributed by atoms with E-state index in [9.17, 15) is 0 Å². The molecule has 0 aliphatic carbocycles. The maximum atomic E-state index is 4.95. The molecule has 0 atom stereocenters. The van der Waals surface area contributed by atoms with Crippen molar-refractivity contribution in [2.45, 2.75) is 79.6 Å². The van der Waals surface area contributed by atoms with E-state index in [1.165, 1.54) is 66.3 Å². The van der Waals surface area contributed by atoms with Crippen LogP contribution in [-0.4, -0.2) is 15.0 Å². The molecule has 0 radical (unpaired) electrons. The summed E-state index contributed by atoms with van der Waals surface area (Å²) in [4.78, 5) is 14.8. The van der Waals surface area contributed by atoms with Crippen LogP contribution in [0, 0.1) is 27.7 Å². The third-order valence-electron chi connectivity index (χ3n) is 6.91. The summed E-state index contributed by atoms with van der Waals surface area (Å²) in [5.74, 6) is 2.17. The van der Waals surface area contributed by atoms with Crippen molar-refractivity contribution in [3.05, 3.63) is 88.5 Å². The molecule has 0 aliphatic heterocycles. The van der Waals surface area contributed by atoms with E-state index in [4.69, 9.17) is 15.0 Å². The van der Waals surface area contributed by atoms with Crippen LogP contribution in [0.3, 0.4) is 0 Å². The van der Waals surface area contributed by atoms with E-state index in [0.29, 0.717) is 0 Å². The summed E-state index contributed by atoms with van der Waals surface area (Å²) in [6.07, 6.45) is 9.06. The Morgan fingerprint density at radius 2 is 1.03 bits per heavy atom. The summed E-state index contributed by atoms with van der Waals surface area (Å²) in [7, 11) is 0. The van der Waals surface area contributed by atoms with Crippen LogP contribution in [0.1, 0.15) is 73.3 Å². The molecule has 1 heterocycles. The average Bonchev–Trinajstić information content (AvgIpc) is 2.86. The van der Waals surface area contributed by atoms with Gasteiger partial charge in [-0.3, -0.25) is 0 Å². The van der Waals surface area contributed by atoms with E-state index in [1.54, 1.807) is 0 Å². The first kappa shape index (κ1) is 25.8. The second kappa shape index (κ2) is 12.1. The van der Waals surface area contributed by atoms with Crippen molar-refractivity contribution in [1.82, 2.24) is 15.0 Å². The fraction of sp³-hybridized carbons (Fsp3) is 0.364. The monoisotopic (exact) mass is 477 g/mol. The first-order valence-corrected chi connectivity index (χ1v) is 13.4. The van der Waals surface area contributed by atoms with Gasteiger partial charge in [-0.15, -0.1) is 0 Å². The van der Waals surface area contributed by atoms with Crippen molar-refractivity contribution in [2.75, 3.05) is 0 Å². The number of benzene rings is 3. The van der Waals surface area contributed by atoms with Crippen LogP contribution in [-0.2, 0) is 6.42 Å². The lowest BCUT2D eigenvalue weighted by Crippen LogP contribution is -2.02. The lowest BCUT2D eigenvalue weighted by Gasteiger charge is -2.12. The smallest absolute Gasteiger partial charge is 0.164 e. The number of rotatable bonds is 10. The van der Waals surface area contributed by atoms with Gasteiger partial charge in [-0.1, -0.05) is 111 Å². The second-order valence-corrected chi connectivity index (χ2v) is 10.2. The Hall–Kier alpha value is -3.33. The molecule has 0 amide bonds. The lowest BCUT2D eigenvalue weighted by atomic mass is 10.0. The Balaban J connectivity index is 1.65. The van der Waals surface area contributed by atoms with Gasteiger partial charge in [0, 0.05) is 16.7 Å². The van der Waals surface area contributed by atoms with Crippen molar-refractivity contribution in [3.8, 4) is 34.2 Å². The van der Waals surface area contributed by atoms with Gasteiger partial charge in [-0.2, -0.15) is 0 Å². The van der Waals surface area contributed by atoms with Crippen LogP contribution >= 0.6 is 0 Å². The topological polar surface area (TPSA) is 38.7 Å². The molecule has 0 saturated heterocycles. The van der Waals surface area contributed by atoms with E-state index in [-0.39, 0.29) is 0 Å². The zero-order valence-corrected chi connectivity index (χ0v) is 22.6. The first-order chi connectivity index (χ1) is 17.4. The maximum absolute atomic E-state index is 4.95. The van der Waals surface area contributed by atoms with Gasteiger partial charge in [0.1, 0.15) is 0 Å². The van der Waals surface area contributed by atoms with E-state index >= 15 is 0 Å². The minimum absolute atomic E-state index is 0.723. The number of aryl methyl sites for hydroxylation is 5. The summed E-state index contributed by atoms with van der Waals surface area (Å²) in [6.45, 7) is 10.7. The third-order valence-corrected chi connectivity index (χ3v) is 6.91. The van der Waals surface area contributed by atoms with Crippen LogP contribution < -0.4 is 0 Å². The molecule has 3 nitrogen and oxygen atoms in total. The molecule has 0 aliphatic rings. The van der Waals surface area contributed by atoms with Crippen molar-refractivity contribution < 1.29 is 0 Å². The molecule has 0 spiro atoms. The molecule has 1 aromatic heterocycles. The molecule has 3 aromatic carbocycles. The van der Waals surface area contributed by atoms with Gasteiger partial charge in [-0.05, 0) is 57.2 Å². The van der Waals surface area contributed by atoms with Crippen LogP contribution in [0.2, 0.25) is 0 Å². The second-order valence-electron chi connectivity index (χ2n) is 10.2. The molecule has 4 aromatic rings. The maximum Gasteiger partial charge on any atom is 0.164 e. The molecule has 0 bridgehead atoms. The molecule has 0 fully saturated rings. The van der Waals surface area contributed by atoms with Gasteiger partial charge in [0.05, 0.1) is 0 Å². The Morgan fingerprint density at radius 1 is 0.528 bits per heavy atom. The minimum Gasteiger partial charge on any atom is -0.208 e. The largest absolute Gasteiger partial charge is 0.208 e. The van der Waals surface area contributed by atoms with Crippen LogP contribution in [0.4, 0.5) is 0 Å². The van der Waals surface area contributed by atoms with E-state index in [0.717, 1.165) is 40.6 Å². The molecular weight excluding hydrogens is 438 g/mol. The number of nitrogens with zero attached hydrogens (tertiary/aromatic N) is 3. The predicted octanol–water partition coefficient (Wildman–Crippen LogP) is 9.01. The fourth-order valence-electron chi connectivity index (χ4n) is 4.80. The van der Waals surface area contributed by atoms with Gasteiger partial charge in [0.2, 0.25) is 0 Å². The molecule has 36 heavy (non-hydrogen) atoms. The van der Waals surface area contributed by atoms with Crippen LogP contribution in [0.5, 0.6) is 0 Å². The molecular formula is C33H39N3. The quantitative estimate of drug-likeness (QED) is 0.214. The predicted molar refractivity (Wildman–Crippen MR) is 152 cm³/mol. The summed E-state index contributed by atoms with van der Waals surface area (Å²) in [6, 6.07) is 21.7. The third kappa shape index (κ3) is 6.46. The summed E-state index contributed by atoms with van der Waals surface area (Å²) in [5, 5.41) is 0. The van der Waals surface area contributed by atoms with Gasteiger partial charge in [-0.25, -0.2) is 15.0 Å². The Morgan fingerprint density at radius 3 is 1.56 bits per heavy atom. The summed E-state index contributed by atoms with van der Waals surface area (Å²) >= 11 is 0. The van der Waals surface area contributed by atoms with Crippen molar-refractivity contribution in [3.63, 3.8) is 0 Å². The van der Waals surface area contributed by atoms with Crippen LogP contribution in [0.15, 0.2) is 60.7 Å². The molecule has 0 unspecified atom stereocenters. The minimum atomic E-state index is 0.723. The first-order valence-electron chi connectivity index (χ1n) is 13.4. The molecule has 4 rings (SSSR count). The Kier molecular flexibility index (Phi) is 8.64. The fourth-order valence-corrected chi connectivity index (χ4v) is 4.80. The average molecular weight is 478 g/mol. The Bertz CT molecular complexity index is 1240. The van der Waals surface area contributed by atoms with E-state index in [1.807, 2.05) is 0 Å². The highest BCUT2D eigenvalue weighted by atomic mass is 15.0. The number of hydrogen-bond donors (Lipinski definition) is 0. The van der Waals surface area contributed by atoms with Gasteiger partial charge in [0.15, 0.2) is 17.5 Å². The number of hydrogen-bond acceptors (Lipinski definition) is 3. The summed E-state index contributed by atoms with van der Waals surface area (Å²) < 4.78 is 0. The lowest BCUT2D eigenvalue weighted by molar-refractivity contribution is 0.607. The van der Waals surface area contributed by atoms with Crippen molar-refractivity contribution >= 4 is 0 Å². The van der Waals surface area contributed by atoms with Gasteiger partial charge in [0.25, 0.3) is 0 Å². The Labute approximate surface area is 217 Å². The number of unbranched alkanes of at least 4 members (excludes halogenated alkanes) is 5. The SMILES string of the molecule is CCCCCCCCc1ccc(-c2nc(-c3ccc(C)cc3C)nc(-c3ccc(C)cc3C)n2)cc1. The zero-order valence-electron chi connectivity index (χ0n) is 22.6. The molecule has 3 heteroatoms. The van der Waals surface area contributed by atoms with Crippen LogP contribution in [0.25, 0.3) is 34.2 Å². The van der Waals surface area contributed by atoms with E-state index < -0.39 is 0 Å². The van der Waals surface area contributed by atoms with Crippen molar-refractivity contribution in [2.24, 2.45) is 0 Å². The summed E-state index contributed by atoms with van der Waals surface area (Å²) in [5.41, 5.74) is 9.33. The van der Waals surface area contributed by atoms with Gasteiger partial charge < -0.3 is 0 Å². The van der Waals surface area contributed by atoms with Gasteiger partial charge >= 0.3 is 0 Å². The molecule has 186 valence electrons. The highest BCUT2D eigenvalue weighted by molar-refractivity contribution is 5.69. The molecule has 0 N–H and O–H groups in total. The standard InChI is InChI=1S/C33H39N3/c1-6-7-8-9-10-11-12-27-15-17-28(18-16-27)31-34-32(29-19-13-23(2)21-25(29)4)36-33(35-31)30-20-14-24(3)22-26(30)5/h13-22H,6-12H2,1-5H3. The number of aromatic nitrogens is 3.